The summed E-state index contributed by atoms with van der Waals surface area (Å²) >= 11 is 0. The molecule has 0 spiro atoms. The number of aryl methyl sites for hydroxylation is 3. The fourth-order valence-corrected chi connectivity index (χ4v) is 13.1. The first-order valence-corrected chi connectivity index (χ1v) is 43.5. The van der Waals surface area contributed by atoms with Crippen molar-refractivity contribution in [3.05, 3.63) is 384 Å². The van der Waals surface area contributed by atoms with Crippen molar-refractivity contribution < 1.29 is 8.91 Å². The van der Waals surface area contributed by atoms with Crippen LogP contribution in [0.5, 0.6) is 0 Å². The molecule has 11 aromatic carbocycles. The van der Waals surface area contributed by atoms with Gasteiger partial charge in [-0.25, -0.2) is 4.39 Å². The fourth-order valence-electron chi connectivity index (χ4n) is 13.1. The van der Waals surface area contributed by atoms with Crippen LogP contribution in [0.4, 0.5) is 4.39 Å². The van der Waals surface area contributed by atoms with Crippen LogP contribution >= 0.6 is 0 Å². The van der Waals surface area contributed by atoms with E-state index < -0.39 is 0 Å². The third kappa shape index (κ3) is 36.1. The van der Waals surface area contributed by atoms with Gasteiger partial charge in [0, 0.05) is 18.4 Å². The molecule has 12 aromatic rings. The molecule has 0 unspecified atom stereocenters. The van der Waals surface area contributed by atoms with Crippen LogP contribution in [0.25, 0.3) is 11.0 Å². The van der Waals surface area contributed by atoms with Crippen LogP contribution in [-0.2, 0) is 51.5 Å². The van der Waals surface area contributed by atoms with Crippen LogP contribution in [0.2, 0.25) is 0 Å². The smallest absolute Gasteiger partial charge is 0.167 e. The lowest BCUT2D eigenvalue weighted by Gasteiger charge is -2.10. The zero-order chi connectivity index (χ0) is 83.9. The lowest BCUT2D eigenvalue weighted by atomic mass is 9.95. The average Bonchev–Trinajstić information content (AvgIpc) is 1.64. The van der Waals surface area contributed by atoms with E-state index in [1.807, 2.05) is 60.6 Å². The standard InChI is InChI=1S/C18H22.C17H19F.C17H17NO.C16H18.C15H22.C11H16.C10H15N.3C2H6/c1-4-15-6-5-7-17(12-15)13-16-8-10-18(11-9-16)14(2)3;1-12(2)15-8-5-14(6-9-15)11-16-7-4-13(3)10-17(16)18;1-12(2)15-6-3-13(4-7-15)9-14-5-8-16-11-18-19-17(16)10-14;1-13(2)16-10-8-15(9-11-16)12-14-6-4-3-5-7-14;1-12(2)15-9-7-14(8-10-15)11-13-5-3-4-6-13;1-4-10-5-7-11(8-6-10)9(2)3;1-8(2)10-5-3-9(7-11)4-6-10;3*1-2/h5-12,14H,4,13H2,1-3H3;4-10,12H,11H2,1-3H3;3-8,10-12H,9H2,1-2H3;3-11,13H,12H2,1-2H3;7-10,12-13H,3-6,11H2,1-2H3;5-9H,4H2,1-3H3;3-6,8H,7,11H2,1-2H3;3*1-2H3. The van der Waals surface area contributed by atoms with E-state index >= 15 is 0 Å². The van der Waals surface area contributed by atoms with Gasteiger partial charge in [0.2, 0.25) is 0 Å². The molecule has 1 aliphatic carbocycles. The van der Waals surface area contributed by atoms with E-state index in [1.165, 1.54) is 127 Å². The second-order valence-electron chi connectivity index (χ2n) is 31.8. The van der Waals surface area contributed by atoms with Crippen molar-refractivity contribution in [3.63, 3.8) is 0 Å². The van der Waals surface area contributed by atoms with E-state index in [0.717, 1.165) is 65.7 Å². The van der Waals surface area contributed by atoms with Crippen molar-refractivity contribution >= 4 is 11.0 Å². The van der Waals surface area contributed by atoms with Gasteiger partial charge in [-0.05, 0) is 222 Å². The van der Waals surface area contributed by atoms with Gasteiger partial charge in [0.05, 0.1) is 6.20 Å². The highest BCUT2D eigenvalue weighted by Gasteiger charge is 2.16. The van der Waals surface area contributed by atoms with E-state index in [-0.39, 0.29) is 5.82 Å². The second-order valence-corrected chi connectivity index (χ2v) is 31.8. The first kappa shape index (κ1) is 97.1. The first-order valence-electron chi connectivity index (χ1n) is 43.5. The number of nitrogens with two attached hydrogens (primary N) is 1. The molecule has 1 heterocycles. The van der Waals surface area contributed by atoms with E-state index in [0.29, 0.717) is 54.4 Å². The van der Waals surface area contributed by atoms with Crippen LogP contribution in [0.1, 0.15) is 331 Å². The second kappa shape index (κ2) is 54.5. The molecule has 13 rings (SSSR count). The Hall–Kier alpha value is -9.22. The van der Waals surface area contributed by atoms with Gasteiger partial charge in [-0.1, -0.05) is 426 Å². The summed E-state index contributed by atoms with van der Waals surface area (Å²) in [6.07, 6.45) is 14.7. The topological polar surface area (TPSA) is 52.0 Å². The molecular weight excluding hydrogens is 1380 g/mol. The molecule has 0 radical (unpaired) electrons. The molecule has 114 heavy (non-hydrogen) atoms. The van der Waals surface area contributed by atoms with E-state index in [4.69, 9.17) is 10.3 Å². The monoisotopic (exact) mass is 1530 g/mol. The highest BCUT2D eigenvalue weighted by molar-refractivity contribution is 5.76. The number of benzene rings is 11. The minimum absolute atomic E-state index is 0.108. The predicted octanol–water partition coefficient (Wildman–Crippen LogP) is 32.0. The first-order chi connectivity index (χ1) is 54.9. The minimum atomic E-state index is -0.108. The van der Waals surface area contributed by atoms with Crippen molar-refractivity contribution in [1.29, 1.82) is 0 Å². The lowest BCUT2D eigenvalue weighted by Crippen LogP contribution is -1.98. The number of hydrogen-bond acceptors (Lipinski definition) is 3. The lowest BCUT2D eigenvalue weighted by molar-refractivity contribution is 0.456. The van der Waals surface area contributed by atoms with Crippen LogP contribution in [0.15, 0.2) is 272 Å². The number of fused-ring (bicyclic) bond motifs is 1. The molecule has 1 aliphatic rings. The summed E-state index contributed by atoms with van der Waals surface area (Å²) in [5.74, 6) is 5.13. The molecule has 3 nitrogen and oxygen atoms in total. The molecule has 1 fully saturated rings. The van der Waals surface area contributed by atoms with Gasteiger partial charge >= 0.3 is 0 Å². The zero-order valence-corrected chi connectivity index (χ0v) is 74.8. The summed E-state index contributed by atoms with van der Waals surface area (Å²) in [5.41, 5.74) is 32.7. The maximum absolute atomic E-state index is 13.7. The van der Waals surface area contributed by atoms with Crippen molar-refractivity contribution in [2.24, 2.45) is 11.7 Å². The van der Waals surface area contributed by atoms with Gasteiger partial charge in [-0.3, -0.25) is 0 Å². The maximum Gasteiger partial charge on any atom is 0.167 e. The molecule has 610 valence electrons. The Bertz CT molecular complexity index is 4370. The highest BCUT2D eigenvalue weighted by atomic mass is 19.1. The van der Waals surface area contributed by atoms with Crippen LogP contribution < -0.4 is 5.73 Å². The summed E-state index contributed by atoms with van der Waals surface area (Å²) < 4.78 is 18.9. The fraction of sp³-hybridized carbons (Fsp3) is 0.391. The molecular formula is C110H147FN2O. The largest absolute Gasteiger partial charge is 0.356 e. The molecule has 2 N–H and O–H groups in total. The van der Waals surface area contributed by atoms with Gasteiger partial charge in [0.25, 0.3) is 0 Å². The Labute approximate surface area is 694 Å². The van der Waals surface area contributed by atoms with Crippen LogP contribution in [0, 0.1) is 18.7 Å². The summed E-state index contributed by atoms with van der Waals surface area (Å²) in [6, 6.07) is 93.1. The van der Waals surface area contributed by atoms with Crippen molar-refractivity contribution in [3.8, 4) is 0 Å². The Morgan fingerprint density at radius 3 is 1.02 bits per heavy atom. The number of aromatic nitrogens is 1. The average molecular weight is 1530 g/mol. The van der Waals surface area contributed by atoms with Gasteiger partial charge in [-0.2, -0.15) is 0 Å². The van der Waals surface area contributed by atoms with E-state index in [9.17, 15) is 4.39 Å². The third-order valence-corrected chi connectivity index (χ3v) is 20.7. The molecule has 0 saturated heterocycles. The molecule has 0 amide bonds. The van der Waals surface area contributed by atoms with Crippen LogP contribution in [0.3, 0.4) is 0 Å². The third-order valence-electron chi connectivity index (χ3n) is 20.7. The van der Waals surface area contributed by atoms with Gasteiger partial charge in [0.1, 0.15) is 5.82 Å². The number of rotatable bonds is 20. The Morgan fingerprint density at radius 1 is 0.333 bits per heavy atom. The Morgan fingerprint density at radius 2 is 0.649 bits per heavy atom. The SMILES string of the molecule is CC.CC.CC.CC(C)c1ccc(CC2CCCC2)cc1.CC(C)c1ccc(CN)cc1.CC(C)c1ccc(Cc2ccc3cnoc3c2)cc1.CC(C)c1ccc(Cc2ccccc2)cc1.CCc1ccc(C(C)C)cc1.CCc1cccc(Cc2ccc(C(C)C)cc2)c1.Cc1ccc(Cc2ccc(C(C)C)cc2)c(F)c1. The molecule has 0 aliphatic heterocycles. The molecule has 4 heteroatoms. The molecule has 1 saturated carbocycles. The number of halogens is 1. The molecule has 0 atom stereocenters. The molecule has 1 aromatic heterocycles. The van der Waals surface area contributed by atoms with E-state index in [1.54, 1.807) is 12.3 Å². The quantitative estimate of drug-likeness (QED) is 0.0827. The van der Waals surface area contributed by atoms with Gasteiger partial charge in [-0.15, -0.1) is 0 Å². The zero-order valence-electron chi connectivity index (χ0n) is 74.8. The normalized spacial score (nSPS) is 11.3. The summed E-state index contributed by atoms with van der Waals surface area (Å²) in [5, 5.41) is 4.86. The molecule has 0 bridgehead atoms. The summed E-state index contributed by atoms with van der Waals surface area (Å²) in [7, 11) is 0. The van der Waals surface area contributed by atoms with Gasteiger partial charge in [0.15, 0.2) is 5.58 Å². The Kier molecular flexibility index (Phi) is 46.5. The van der Waals surface area contributed by atoms with E-state index in [2.05, 4.69) is 359 Å². The maximum atomic E-state index is 13.7. The van der Waals surface area contributed by atoms with Crippen LogP contribution in [-0.4, -0.2) is 5.16 Å². The minimum Gasteiger partial charge on any atom is -0.356 e. The number of hydrogen-bond donors (Lipinski definition) is 1. The van der Waals surface area contributed by atoms with Crippen molar-refractivity contribution in [1.82, 2.24) is 5.16 Å². The Balaban J connectivity index is 0.000000279. The predicted molar refractivity (Wildman–Crippen MR) is 499 cm³/mol. The van der Waals surface area contributed by atoms with Crippen molar-refractivity contribution in [2.45, 2.75) is 278 Å². The number of nitrogens with zero attached hydrogens (tertiary/aromatic N) is 1. The highest BCUT2D eigenvalue weighted by Crippen LogP contribution is 2.30. The summed E-state index contributed by atoms with van der Waals surface area (Å²) in [6.45, 7) is 50.0. The summed E-state index contributed by atoms with van der Waals surface area (Å²) in [4.78, 5) is 0. The van der Waals surface area contributed by atoms with Gasteiger partial charge < -0.3 is 10.3 Å². The van der Waals surface area contributed by atoms with Crippen molar-refractivity contribution in [2.75, 3.05) is 0 Å².